The van der Waals surface area contributed by atoms with Crippen LogP contribution in [0.3, 0.4) is 0 Å². The van der Waals surface area contributed by atoms with E-state index in [4.69, 9.17) is 20.8 Å². The zero-order valence-corrected chi connectivity index (χ0v) is 9.17. The van der Waals surface area contributed by atoms with Gasteiger partial charge in [-0.15, -0.1) is 0 Å². The molecule has 0 bridgehead atoms. The fourth-order valence-electron chi connectivity index (χ4n) is 1.23. The minimum absolute atomic E-state index is 0.662. The van der Waals surface area contributed by atoms with Gasteiger partial charge in [0.1, 0.15) is 11.5 Å². The Hall–Kier alpha value is -2.30. The van der Waals surface area contributed by atoms with E-state index >= 15 is 0 Å². The number of benzene rings is 2. The van der Waals surface area contributed by atoms with Crippen molar-refractivity contribution in [3.8, 4) is 11.5 Å². The van der Waals surface area contributed by atoms with Crippen LogP contribution in [0.1, 0.15) is 0 Å². The molecular formula is C12H12BN2O2. The first-order chi connectivity index (χ1) is 8.24. The van der Waals surface area contributed by atoms with Gasteiger partial charge >= 0.3 is 7.69 Å². The van der Waals surface area contributed by atoms with Crippen LogP contribution in [0, 0.1) is 0 Å². The summed E-state index contributed by atoms with van der Waals surface area (Å²) in [5.74, 6) is 1.32. The van der Waals surface area contributed by atoms with Crippen molar-refractivity contribution in [1.29, 1.82) is 0 Å². The number of hydrogen-bond donors (Lipinski definition) is 2. The smallest absolute Gasteiger partial charge is 0.526 e. The summed E-state index contributed by atoms with van der Waals surface area (Å²) in [5, 5.41) is 0. The quantitative estimate of drug-likeness (QED) is 0.617. The van der Waals surface area contributed by atoms with Crippen molar-refractivity contribution >= 4 is 19.1 Å². The molecule has 0 aliphatic carbocycles. The summed E-state index contributed by atoms with van der Waals surface area (Å²) in [6, 6.07) is 14.1. The first kappa shape index (κ1) is 11.2. The van der Waals surface area contributed by atoms with Crippen molar-refractivity contribution in [3.05, 3.63) is 48.5 Å². The topological polar surface area (TPSA) is 70.5 Å². The summed E-state index contributed by atoms with van der Waals surface area (Å²) in [4.78, 5) is 0. The van der Waals surface area contributed by atoms with E-state index in [9.17, 15) is 0 Å². The number of nitrogens with two attached hydrogens (primary N) is 2. The molecule has 4 N–H and O–H groups in total. The van der Waals surface area contributed by atoms with Gasteiger partial charge in [-0.1, -0.05) is 0 Å². The van der Waals surface area contributed by atoms with Gasteiger partial charge in [0, 0.05) is 11.4 Å². The van der Waals surface area contributed by atoms with Crippen LogP contribution in [0.15, 0.2) is 48.5 Å². The summed E-state index contributed by atoms with van der Waals surface area (Å²) in [6.07, 6.45) is 0. The first-order valence-electron chi connectivity index (χ1n) is 5.10. The Labute approximate surface area is 100 Å². The van der Waals surface area contributed by atoms with Crippen molar-refractivity contribution in [2.24, 2.45) is 0 Å². The Bertz CT molecular complexity index is 425. The van der Waals surface area contributed by atoms with Crippen LogP contribution in [0.25, 0.3) is 0 Å². The van der Waals surface area contributed by atoms with Crippen LogP contribution in [0.2, 0.25) is 0 Å². The van der Waals surface area contributed by atoms with Crippen LogP contribution in [-0.2, 0) is 0 Å². The van der Waals surface area contributed by atoms with Gasteiger partial charge in [-0.05, 0) is 48.5 Å². The van der Waals surface area contributed by atoms with Gasteiger partial charge in [-0.2, -0.15) is 0 Å². The number of rotatable bonds is 4. The molecule has 0 fully saturated rings. The van der Waals surface area contributed by atoms with E-state index in [1.54, 1.807) is 48.5 Å². The molecule has 2 aromatic rings. The molecule has 0 heterocycles. The van der Waals surface area contributed by atoms with E-state index in [0.29, 0.717) is 22.9 Å². The lowest BCUT2D eigenvalue weighted by Crippen LogP contribution is -2.10. The molecule has 2 aromatic carbocycles. The fraction of sp³-hybridized carbons (Fsp3) is 0. The van der Waals surface area contributed by atoms with E-state index < -0.39 is 0 Å². The Morgan fingerprint density at radius 1 is 0.647 bits per heavy atom. The molecule has 2 rings (SSSR count). The van der Waals surface area contributed by atoms with Gasteiger partial charge in [0.15, 0.2) is 0 Å². The molecule has 1 radical (unpaired) electrons. The predicted octanol–water partition coefficient (Wildman–Crippen LogP) is 1.84. The zero-order chi connectivity index (χ0) is 12.1. The second-order valence-corrected chi connectivity index (χ2v) is 3.47. The van der Waals surface area contributed by atoms with Gasteiger partial charge in [-0.3, -0.25) is 0 Å². The molecule has 0 unspecified atom stereocenters. The fourth-order valence-corrected chi connectivity index (χ4v) is 1.23. The van der Waals surface area contributed by atoms with E-state index in [2.05, 4.69) is 0 Å². The Kier molecular flexibility index (Phi) is 3.40. The Balaban J connectivity index is 1.83. The lowest BCUT2D eigenvalue weighted by molar-refractivity contribution is 0.459. The summed E-state index contributed by atoms with van der Waals surface area (Å²) in [7, 11) is 1.26. The summed E-state index contributed by atoms with van der Waals surface area (Å²) < 4.78 is 10.5. The highest BCUT2D eigenvalue weighted by Crippen LogP contribution is 2.15. The highest BCUT2D eigenvalue weighted by Gasteiger charge is 2.01. The Morgan fingerprint density at radius 3 is 1.35 bits per heavy atom. The van der Waals surface area contributed by atoms with Crippen molar-refractivity contribution in [2.45, 2.75) is 0 Å². The number of nitrogen functional groups attached to an aromatic ring is 2. The number of anilines is 2. The van der Waals surface area contributed by atoms with Crippen LogP contribution in [0.5, 0.6) is 11.5 Å². The average molecular weight is 227 g/mol. The molecule has 0 atom stereocenters. The van der Waals surface area contributed by atoms with E-state index in [1.165, 1.54) is 7.69 Å². The van der Waals surface area contributed by atoms with E-state index in [-0.39, 0.29) is 0 Å². The maximum atomic E-state index is 5.55. The third-order valence-corrected chi connectivity index (χ3v) is 2.13. The molecule has 0 saturated heterocycles. The van der Waals surface area contributed by atoms with Crippen molar-refractivity contribution in [2.75, 3.05) is 11.5 Å². The highest BCUT2D eigenvalue weighted by molar-refractivity contribution is 6.20. The maximum Gasteiger partial charge on any atom is 0.658 e. The second-order valence-electron chi connectivity index (χ2n) is 3.47. The van der Waals surface area contributed by atoms with Gasteiger partial charge in [0.05, 0.1) is 0 Å². The van der Waals surface area contributed by atoms with E-state index in [1.807, 2.05) is 0 Å². The SMILES string of the molecule is Nc1ccc(O[B]Oc2ccc(N)cc2)cc1. The highest BCUT2D eigenvalue weighted by atomic mass is 16.6. The van der Waals surface area contributed by atoms with Crippen LogP contribution < -0.4 is 20.8 Å². The zero-order valence-electron chi connectivity index (χ0n) is 9.17. The van der Waals surface area contributed by atoms with Crippen molar-refractivity contribution < 1.29 is 9.31 Å². The Morgan fingerprint density at radius 2 is 1.00 bits per heavy atom. The maximum absolute atomic E-state index is 5.55. The molecule has 0 saturated carbocycles. The molecule has 0 aliphatic rings. The van der Waals surface area contributed by atoms with Crippen LogP contribution in [0.4, 0.5) is 11.4 Å². The molecule has 0 amide bonds. The lowest BCUT2D eigenvalue weighted by Gasteiger charge is -2.06. The third kappa shape index (κ3) is 3.34. The molecular weight excluding hydrogens is 215 g/mol. The van der Waals surface area contributed by atoms with Gasteiger partial charge < -0.3 is 20.8 Å². The van der Waals surface area contributed by atoms with Crippen molar-refractivity contribution in [3.63, 3.8) is 0 Å². The molecule has 5 heteroatoms. The minimum atomic E-state index is 0.662. The molecule has 4 nitrogen and oxygen atoms in total. The predicted molar refractivity (Wildman–Crippen MR) is 68.7 cm³/mol. The van der Waals surface area contributed by atoms with Crippen LogP contribution >= 0.6 is 0 Å². The normalized spacial score (nSPS) is 9.65. The van der Waals surface area contributed by atoms with Crippen molar-refractivity contribution in [1.82, 2.24) is 0 Å². The molecule has 0 spiro atoms. The molecule has 0 aromatic heterocycles. The monoisotopic (exact) mass is 227 g/mol. The summed E-state index contributed by atoms with van der Waals surface area (Å²) in [6.45, 7) is 0. The average Bonchev–Trinajstić information content (AvgIpc) is 2.34. The van der Waals surface area contributed by atoms with Gasteiger partial charge in [0.2, 0.25) is 0 Å². The van der Waals surface area contributed by atoms with Crippen LogP contribution in [-0.4, -0.2) is 7.69 Å². The summed E-state index contributed by atoms with van der Waals surface area (Å²) in [5.41, 5.74) is 12.5. The van der Waals surface area contributed by atoms with E-state index in [0.717, 1.165) is 0 Å². The standard InChI is InChI=1S/C12H12BN2O2/c14-9-1-5-11(6-2-9)16-13-17-12-7-3-10(15)4-8-12/h1-8H,14-15H2. The molecule has 0 aliphatic heterocycles. The molecule has 17 heavy (non-hydrogen) atoms. The largest absolute Gasteiger partial charge is 0.658 e. The van der Waals surface area contributed by atoms with Gasteiger partial charge in [0.25, 0.3) is 0 Å². The molecule has 85 valence electrons. The third-order valence-electron chi connectivity index (χ3n) is 2.13. The lowest BCUT2D eigenvalue weighted by atomic mass is 10.2. The second kappa shape index (κ2) is 5.16. The summed E-state index contributed by atoms with van der Waals surface area (Å²) >= 11 is 0. The van der Waals surface area contributed by atoms with Gasteiger partial charge in [-0.25, -0.2) is 0 Å². The number of hydrogen-bond acceptors (Lipinski definition) is 4. The first-order valence-corrected chi connectivity index (χ1v) is 5.10. The minimum Gasteiger partial charge on any atom is -0.526 e.